The molecule has 140 valence electrons. The topological polar surface area (TPSA) is 84.9 Å². The van der Waals surface area contributed by atoms with E-state index in [0.29, 0.717) is 16.5 Å². The van der Waals surface area contributed by atoms with Crippen LogP contribution in [0.4, 0.5) is 11.4 Å². The molecule has 0 radical (unpaired) electrons. The Hall–Kier alpha value is -2.45. The van der Waals surface area contributed by atoms with Gasteiger partial charge in [0.15, 0.2) is 0 Å². The number of halogens is 1. The number of carbonyl (C=O) groups excluding carboxylic acids is 1. The molecule has 9 heteroatoms. The van der Waals surface area contributed by atoms with Crippen molar-refractivity contribution in [1.29, 1.82) is 0 Å². The van der Waals surface area contributed by atoms with Gasteiger partial charge in [-0.1, -0.05) is 17.7 Å². The third-order valence-electron chi connectivity index (χ3n) is 3.45. The second-order valence-corrected chi connectivity index (χ2v) is 7.71. The number of rotatable bonds is 7. The van der Waals surface area contributed by atoms with Crippen LogP contribution >= 0.6 is 11.6 Å². The minimum absolute atomic E-state index is 0.233. The van der Waals surface area contributed by atoms with E-state index in [-0.39, 0.29) is 11.4 Å². The summed E-state index contributed by atoms with van der Waals surface area (Å²) in [6, 6.07) is 11.2. The summed E-state index contributed by atoms with van der Waals surface area (Å²) in [6.07, 6.45) is 1.02. The minimum atomic E-state index is -3.74. The molecule has 0 heterocycles. The molecule has 0 saturated carbocycles. The van der Waals surface area contributed by atoms with Gasteiger partial charge in [0.25, 0.3) is 0 Å². The molecule has 0 bridgehead atoms. The van der Waals surface area contributed by atoms with E-state index < -0.39 is 22.5 Å². The smallest absolute Gasteiger partial charge is 0.245 e. The predicted molar refractivity (Wildman–Crippen MR) is 102 cm³/mol. The highest BCUT2D eigenvalue weighted by Gasteiger charge is 2.24. The Bertz CT molecular complexity index is 902. The van der Waals surface area contributed by atoms with Crippen molar-refractivity contribution in [3.05, 3.63) is 47.5 Å². The molecule has 1 N–H and O–H groups in total. The first-order valence-electron chi connectivity index (χ1n) is 7.49. The maximum absolute atomic E-state index is 12.4. The van der Waals surface area contributed by atoms with Crippen LogP contribution in [0.25, 0.3) is 0 Å². The highest BCUT2D eigenvalue weighted by atomic mass is 35.5. The molecule has 2 aromatic rings. The standard InChI is InChI=1S/C17H19ClN2O5S/c1-24-14-7-8-15(16(10-14)25-2)20(26(3,22)23)11-17(21)19-13-6-4-5-12(18)9-13/h4-10H,11H2,1-3H3,(H,19,21). The van der Waals surface area contributed by atoms with Gasteiger partial charge in [-0.3, -0.25) is 9.10 Å². The first-order valence-corrected chi connectivity index (χ1v) is 9.72. The molecule has 0 aliphatic rings. The lowest BCUT2D eigenvalue weighted by Crippen LogP contribution is -2.37. The Labute approximate surface area is 157 Å². The van der Waals surface area contributed by atoms with Gasteiger partial charge in [0.05, 0.1) is 26.2 Å². The quantitative estimate of drug-likeness (QED) is 0.775. The van der Waals surface area contributed by atoms with Gasteiger partial charge in [-0.05, 0) is 30.3 Å². The molecule has 1 amide bonds. The summed E-state index contributed by atoms with van der Waals surface area (Å²) in [4.78, 5) is 12.4. The van der Waals surface area contributed by atoms with Crippen LogP contribution in [0.3, 0.4) is 0 Å². The largest absolute Gasteiger partial charge is 0.497 e. The first-order chi connectivity index (χ1) is 12.2. The minimum Gasteiger partial charge on any atom is -0.497 e. The highest BCUT2D eigenvalue weighted by Crippen LogP contribution is 2.33. The normalized spacial score (nSPS) is 10.9. The Balaban J connectivity index is 2.30. The molecular weight excluding hydrogens is 380 g/mol. The van der Waals surface area contributed by atoms with Crippen molar-refractivity contribution >= 4 is 38.9 Å². The van der Waals surface area contributed by atoms with Crippen molar-refractivity contribution in [2.24, 2.45) is 0 Å². The van der Waals surface area contributed by atoms with Crippen molar-refractivity contribution in [2.45, 2.75) is 0 Å². The number of hydrogen-bond acceptors (Lipinski definition) is 5. The number of sulfonamides is 1. The molecule has 0 spiro atoms. The molecule has 0 unspecified atom stereocenters. The van der Waals surface area contributed by atoms with Crippen molar-refractivity contribution in [2.75, 3.05) is 36.6 Å². The zero-order valence-electron chi connectivity index (χ0n) is 14.5. The maximum Gasteiger partial charge on any atom is 0.245 e. The summed E-state index contributed by atoms with van der Waals surface area (Å²) in [5.74, 6) is 0.253. The number of benzene rings is 2. The van der Waals surface area contributed by atoms with E-state index in [1.807, 2.05) is 0 Å². The second kappa shape index (κ2) is 8.29. The van der Waals surface area contributed by atoms with Gasteiger partial charge in [-0.25, -0.2) is 8.42 Å². The fourth-order valence-corrected chi connectivity index (χ4v) is 3.32. The molecule has 2 aromatic carbocycles. The van der Waals surface area contributed by atoms with Gasteiger partial charge in [0.1, 0.15) is 18.0 Å². The van der Waals surface area contributed by atoms with E-state index in [9.17, 15) is 13.2 Å². The van der Waals surface area contributed by atoms with E-state index in [1.54, 1.807) is 36.4 Å². The van der Waals surface area contributed by atoms with Crippen LogP contribution < -0.4 is 19.1 Å². The lowest BCUT2D eigenvalue weighted by atomic mass is 10.2. The molecule has 0 aromatic heterocycles. The van der Waals surface area contributed by atoms with E-state index >= 15 is 0 Å². The summed E-state index contributed by atoms with van der Waals surface area (Å²) in [6.45, 7) is -0.423. The van der Waals surface area contributed by atoms with E-state index in [2.05, 4.69) is 5.32 Å². The number of anilines is 2. The molecular formula is C17H19ClN2O5S. The zero-order valence-corrected chi connectivity index (χ0v) is 16.1. The van der Waals surface area contributed by atoms with E-state index in [0.717, 1.165) is 10.6 Å². The Kier molecular flexibility index (Phi) is 6.33. The summed E-state index contributed by atoms with van der Waals surface area (Å²) in [5.41, 5.74) is 0.703. The molecule has 7 nitrogen and oxygen atoms in total. The van der Waals surface area contributed by atoms with Crippen molar-refractivity contribution in [3.8, 4) is 11.5 Å². The third kappa shape index (κ3) is 5.03. The van der Waals surface area contributed by atoms with Crippen LogP contribution in [0.5, 0.6) is 11.5 Å². The van der Waals surface area contributed by atoms with Gasteiger partial charge in [-0.15, -0.1) is 0 Å². The van der Waals surface area contributed by atoms with Crippen LogP contribution in [0, 0.1) is 0 Å². The third-order valence-corrected chi connectivity index (χ3v) is 4.81. The van der Waals surface area contributed by atoms with Crippen LogP contribution in [0.2, 0.25) is 5.02 Å². The van der Waals surface area contributed by atoms with Crippen molar-refractivity contribution in [1.82, 2.24) is 0 Å². The lowest BCUT2D eigenvalue weighted by Gasteiger charge is -2.24. The second-order valence-electron chi connectivity index (χ2n) is 5.37. The number of hydrogen-bond donors (Lipinski definition) is 1. The molecule has 26 heavy (non-hydrogen) atoms. The molecule has 0 fully saturated rings. The van der Waals surface area contributed by atoms with Gasteiger partial charge in [-0.2, -0.15) is 0 Å². The monoisotopic (exact) mass is 398 g/mol. The summed E-state index contributed by atoms with van der Waals surface area (Å²) >= 11 is 5.88. The number of carbonyl (C=O) groups is 1. The predicted octanol–water partition coefficient (Wildman–Crippen LogP) is 2.76. The molecule has 2 rings (SSSR count). The highest BCUT2D eigenvalue weighted by molar-refractivity contribution is 7.92. The van der Waals surface area contributed by atoms with Gasteiger partial charge in [0.2, 0.25) is 15.9 Å². The van der Waals surface area contributed by atoms with Crippen LogP contribution in [0.1, 0.15) is 0 Å². The number of nitrogens with one attached hydrogen (secondary N) is 1. The summed E-state index contributed by atoms with van der Waals surface area (Å²) < 4.78 is 35.8. The Morgan fingerprint density at radius 3 is 2.46 bits per heavy atom. The molecule has 0 aliphatic heterocycles. The van der Waals surface area contributed by atoms with Crippen molar-refractivity contribution < 1.29 is 22.7 Å². The van der Waals surface area contributed by atoms with Gasteiger partial charge >= 0.3 is 0 Å². The van der Waals surface area contributed by atoms with E-state index in [1.165, 1.54) is 20.3 Å². The summed E-state index contributed by atoms with van der Waals surface area (Å²) in [5, 5.41) is 3.08. The molecule has 0 aliphatic carbocycles. The Morgan fingerprint density at radius 2 is 1.88 bits per heavy atom. The fourth-order valence-electron chi connectivity index (χ4n) is 2.27. The number of ether oxygens (including phenoxy) is 2. The molecule has 0 atom stereocenters. The average molecular weight is 399 g/mol. The van der Waals surface area contributed by atoms with Crippen LogP contribution in [0.15, 0.2) is 42.5 Å². The number of amides is 1. The molecule has 0 saturated heterocycles. The SMILES string of the molecule is COc1ccc(N(CC(=O)Nc2cccc(Cl)c2)S(C)(=O)=O)c(OC)c1. The van der Waals surface area contributed by atoms with Gasteiger partial charge < -0.3 is 14.8 Å². The van der Waals surface area contributed by atoms with Crippen LogP contribution in [-0.4, -0.2) is 41.3 Å². The van der Waals surface area contributed by atoms with Gasteiger partial charge in [0, 0.05) is 16.8 Å². The summed E-state index contributed by atoms with van der Waals surface area (Å²) in [7, 11) is -0.845. The Morgan fingerprint density at radius 1 is 1.15 bits per heavy atom. The zero-order chi connectivity index (χ0) is 19.3. The van der Waals surface area contributed by atoms with Crippen molar-refractivity contribution in [3.63, 3.8) is 0 Å². The van der Waals surface area contributed by atoms with E-state index in [4.69, 9.17) is 21.1 Å². The number of methoxy groups -OCH3 is 2. The lowest BCUT2D eigenvalue weighted by molar-refractivity contribution is -0.114. The van der Waals surface area contributed by atoms with Crippen LogP contribution in [-0.2, 0) is 14.8 Å². The average Bonchev–Trinajstić information content (AvgIpc) is 2.58. The fraction of sp³-hybridized carbons (Fsp3) is 0.235. The first kappa shape index (κ1) is 19.9. The maximum atomic E-state index is 12.4. The number of nitrogens with zero attached hydrogens (tertiary/aromatic N) is 1.